The molecule has 0 saturated heterocycles. The summed E-state index contributed by atoms with van der Waals surface area (Å²) in [5.74, 6) is -0.0670. The molecule has 6 nitrogen and oxygen atoms in total. The number of amides is 2. The number of methoxy groups -OCH3 is 1. The number of hydrogen-bond acceptors (Lipinski definition) is 4. The van der Waals surface area contributed by atoms with Crippen LogP contribution in [0.1, 0.15) is 18.9 Å². The zero-order chi connectivity index (χ0) is 15.9. The Hall–Kier alpha value is -1.92. The van der Waals surface area contributed by atoms with Gasteiger partial charge in [-0.3, -0.25) is 9.59 Å². The van der Waals surface area contributed by atoms with Gasteiger partial charge in [0.25, 0.3) is 0 Å². The molecular formula is C16H22N2O4. The van der Waals surface area contributed by atoms with Gasteiger partial charge in [-0.05, 0) is 37.1 Å². The Labute approximate surface area is 130 Å². The molecule has 1 N–H and O–H groups in total. The second-order valence-corrected chi connectivity index (χ2v) is 5.07. The number of anilines is 2. The molecule has 0 radical (unpaired) electrons. The maximum atomic E-state index is 12.0. The molecule has 0 unspecified atom stereocenters. The molecule has 2 rings (SSSR count). The number of aryl methyl sites for hydroxylation is 1. The molecule has 1 aliphatic rings. The molecule has 2 amide bonds. The third kappa shape index (κ3) is 4.05. The fraction of sp³-hybridized carbons (Fsp3) is 0.500. The first-order valence-corrected chi connectivity index (χ1v) is 7.45. The molecule has 1 heterocycles. The fourth-order valence-corrected chi connectivity index (χ4v) is 2.46. The van der Waals surface area contributed by atoms with Gasteiger partial charge in [0.15, 0.2) is 0 Å². The highest BCUT2D eigenvalue weighted by atomic mass is 16.5. The molecule has 1 aromatic rings. The van der Waals surface area contributed by atoms with Crippen LogP contribution in [-0.2, 0) is 25.5 Å². The van der Waals surface area contributed by atoms with Gasteiger partial charge in [0.1, 0.15) is 6.61 Å². The number of hydrogen-bond donors (Lipinski definition) is 1. The first kappa shape index (κ1) is 16.5. The summed E-state index contributed by atoms with van der Waals surface area (Å²) in [4.78, 5) is 25.5. The SMILES string of the molecule is CCOCC(=O)Nc1ccc2c(c1)CCC(=O)N2CCOC. The lowest BCUT2D eigenvalue weighted by molar-refractivity contribution is -0.120. The molecule has 1 aliphatic heterocycles. The highest BCUT2D eigenvalue weighted by molar-refractivity contribution is 5.97. The van der Waals surface area contributed by atoms with Crippen molar-refractivity contribution >= 4 is 23.2 Å². The minimum absolute atomic E-state index is 0.0477. The monoisotopic (exact) mass is 306 g/mol. The Morgan fingerprint density at radius 1 is 1.36 bits per heavy atom. The van der Waals surface area contributed by atoms with Gasteiger partial charge >= 0.3 is 0 Å². The van der Waals surface area contributed by atoms with E-state index in [2.05, 4.69) is 5.32 Å². The van der Waals surface area contributed by atoms with Crippen molar-refractivity contribution in [3.05, 3.63) is 23.8 Å². The van der Waals surface area contributed by atoms with Crippen LogP contribution in [0, 0.1) is 0 Å². The van der Waals surface area contributed by atoms with Crippen molar-refractivity contribution in [2.24, 2.45) is 0 Å². The number of nitrogens with one attached hydrogen (secondary N) is 1. The van der Waals surface area contributed by atoms with E-state index in [1.807, 2.05) is 19.1 Å². The van der Waals surface area contributed by atoms with E-state index < -0.39 is 0 Å². The molecule has 0 bridgehead atoms. The lowest BCUT2D eigenvalue weighted by Gasteiger charge is -2.29. The minimum Gasteiger partial charge on any atom is -0.383 e. The average Bonchev–Trinajstić information content (AvgIpc) is 2.52. The summed E-state index contributed by atoms with van der Waals surface area (Å²) in [6.07, 6.45) is 1.17. The lowest BCUT2D eigenvalue weighted by Crippen LogP contribution is -2.37. The van der Waals surface area contributed by atoms with E-state index in [-0.39, 0.29) is 18.4 Å². The Kier molecular flexibility index (Phi) is 5.91. The van der Waals surface area contributed by atoms with Gasteiger partial charge in [-0.2, -0.15) is 0 Å². The van der Waals surface area contributed by atoms with Crippen molar-refractivity contribution < 1.29 is 19.1 Å². The minimum atomic E-state index is -0.176. The van der Waals surface area contributed by atoms with Crippen LogP contribution in [-0.4, -0.2) is 45.3 Å². The molecule has 0 saturated carbocycles. The summed E-state index contributed by atoms with van der Waals surface area (Å²) in [6.45, 7) is 3.44. The van der Waals surface area contributed by atoms with Crippen LogP contribution in [0.4, 0.5) is 11.4 Å². The second-order valence-electron chi connectivity index (χ2n) is 5.07. The van der Waals surface area contributed by atoms with Crippen molar-refractivity contribution in [3.63, 3.8) is 0 Å². The standard InChI is InChI=1S/C16H22N2O4/c1-3-22-11-15(19)17-13-5-6-14-12(10-13)4-7-16(20)18(14)8-9-21-2/h5-6,10H,3-4,7-9,11H2,1-2H3,(H,17,19). The van der Waals surface area contributed by atoms with Gasteiger partial charge in [-0.25, -0.2) is 0 Å². The van der Waals surface area contributed by atoms with Gasteiger partial charge in [0, 0.05) is 38.1 Å². The number of carbonyl (C=O) groups excluding carboxylic acids is 2. The van der Waals surface area contributed by atoms with Crippen molar-refractivity contribution in [3.8, 4) is 0 Å². The summed E-state index contributed by atoms with van der Waals surface area (Å²) >= 11 is 0. The Morgan fingerprint density at radius 2 is 2.18 bits per heavy atom. The number of rotatable bonds is 7. The van der Waals surface area contributed by atoms with E-state index in [0.717, 1.165) is 16.9 Å². The van der Waals surface area contributed by atoms with Crippen molar-refractivity contribution in [2.75, 3.05) is 43.7 Å². The molecule has 120 valence electrons. The highest BCUT2D eigenvalue weighted by Gasteiger charge is 2.24. The van der Waals surface area contributed by atoms with E-state index in [9.17, 15) is 9.59 Å². The smallest absolute Gasteiger partial charge is 0.250 e. The molecular weight excluding hydrogens is 284 g/mol. The fourth-order valence-electron chi connectivity index (χ4n) is 2.46. The number of fused-ring (bicyclic) bond motifs is 1. The van der Waals surface area contributed by atoms with Gasteiger partial charge in [-0.1, -0.05) is 0 Å². The predicted molar refractivity (Wildman–Crippen MR) is 84.1 cm³/mol. The van der Waals surface area contributed by atoms with E-state index in [0.29, 0.717) is 32.6 Å². The Morgan fingerprint density at radius 3 is 2.91 bits per heavy atom. The van der Waals surface area contributed by atoms with E-state index in [1.54, 1.807) is 18.1 Å². The number of carbonyl (C=O) groups is 2. The normalized spacial score (nSPS) is 13.9. The quantitative estimate of drug-likeness (QED) is 0.830. The van der Waals surface area contributed by atoms with Crippen LogP contribution >= 0.6 is 0 Å². The number of ether oxygens (including phenoxy) is 2. The first-order chi connectivity index (χ1) is 10.7. The highest BCUT2D eigenvalue weighted by Crippen LogP contribution is 2.30. The third-order valence-electron chi connectivity index (χ3n) is 3.52. The number of nitrogens with zero attached hydrogens (tertiary/aromatic N) is 1. The topological polar surface area (TPSA) is 67.9 Å². The second kappa shape index (κ2) is 7.91. The van der Waals surface area contributed by atoms with Crippen LogP contribution in [0.15, 0.2) is 18.2 Å². The zero-order valence-electron chi connectivity index (χ0n) is 13.1. The van der Waals surface area contributed by atoms with E-state index in [1.165, 1.54) is 0 Å². The van der Waals surface area contributed by atoms with Crippen LogP contribution in [0.5, 0.6) is 0 Å². The van der Waals surface area contributed by atoms with Crippen LogP contribution in [0.25, 0.3) is 0 Å². The summed E-state index contributed by atoms with van der Waals surface area (Å²) in [5.41, 5.74) is 2.69. The van der Waals surface area contributed by atoms with Crippen molar-refractivity contribution in [1.82, 2.24) is 0 Å². The molecule has 1 aromatic carbocycles. The van der Waals surface area contributed by atoms with Gasteiger partial charge in [0.05, 0.1) is 6.61 Å². The maximum Gasteiger partial charge on any atom is 0.250 e. The molecule has 0 aliphatic carbocycles. The van der Waals surface area contributed by atoms with Crippen LogP contribution in [0.2, 0.25) is 0 Å². The average molecular weight is 306 g/mol. The summed E-state index contributed by atoms with van der Waals surface area (Å²) in [6, 6.07) is 5.60. The molecule has 0 atom stereocenters. The summed E-state index contributed by atoms with van der Waals surface area (Å²) < 4.78 is 10.1. The lowest BCUT2D eigenvalue weighted by atomic mass is 10.0. The largest absolute Gasteiger partial charge is 0.383 e. The maximum absolute atomic E-state index is 12.0. The molecule has 0 aromatic heterocycles. The van der Waals surface area contributed by atoms with Crippen molar-refractivity contribution in [1.29, 1.82) is 0 Å². The number of benzene rings is 1. The van der Waals surface area contributed by atoms with E-state index >= 15 is 0 Å². The summed E-state index contributed by atoms with van der Waals surface area (Å²) in [5, 5.41) is 2.80. The summed E-state index contributed by atoms with van der Waals surface area (Å²) in [7, 11) is 1.62. The zero-order valence-corrected chi connectivity index (χ0v) is 13.1. The van der Waals surface area contributed by atoms with Crippen LogP contribution in [0.3, 0.4) is 0 Å². The predicted octanol–water partition coefficient (Wildman–Crippen LogP) is 1.59. The first-order valence-electron chi connectivity index (χ1n) is 7.45. The third-order valence-corrected chi connectivity index (χ3v) is 3.52. The molecule has 0 fully saturated rings. The van der Waals surface area contributed by atoms with Crippen molar-refractivity contribution in [2.45, 2.75) is 19.8 Å². The molecule has 6 heteroatoms. The molecule has 0 spiro atoms. The molecule has 22 heavy (non-hydrogen) atoms. The Bertz CT molecular complexity index is 545. The van der Waals surface area contributed by atoms with Gasteiger partial charge in [-0.15, -0.1) is 0 Å². The van der Waals surface area contributed by atoms with Gasteiger partial charge in [0.2, 0.25) is 11.8 Å². The Balaban J connectivity index is 2.10. The van der Waals surface area contributed by atoms with E-state index in [4.69, 9.17) is 9.47 Å². The van der Waals surface area contributed by atoms with Crippen LogP contribution < -0.4 is 10.2 Å². The van der Waals surface area contributed by atoms with Gasteiger partial charge < -0.3 is 19.7 Å².